The van der Waals surface area contributed by atoms with E-state index in [4.69, 9.17) is 5.73 Å². The quantitative estimate of drug-likeness (QED) is 0.493. The van der Waals surface area contributed by atoms with Gasteiger partial charge < -0.3 is 5.73 Å². The molecule has 0 spiro atoms. The molecule has 1 aromatic rings. The molecule has 0 heterocycles. The van der Waals surface area contributed by atoms with E-state index in [1.54, 1.807) is 0 Å². The molecule has 0 bridgehead atoms. The molecule has 2 N–H and O–H groups in total. The van der Waals surface area contributed by atoms with Gasteiger partial charge in [0.1, 0.15) is 0 Å². The topological polar surface area (TPSA) is 26.0 Å². The first-order chi connectivity index (χ1) is 6.25. The van der Waals surface area contributed by atoms with Crippen LogP contribution < -0.4 is 5.73 Å². The largest absolute Gasteiger partial charge is 0.399 e. The number of nitrogen functional groups attached to an aromatic ring is 1. The Kier molecular flexibility index (Phi) is 4.25. The fourth-order valence-corrected chi connectivity index (χ4v) is 1.01. The zero-order valence-electron chi connectivity index (χ0n) is 7.18. The van der Waals surface area contributed by atoms with Crippen molar-refractivity contribution in [1.82, 2.24) is 0 Å². The molecule has 86 valence electrons. The SMILES string of the molecule is Cl.Nc1cccc(C(F)(F)C(F)(F)Cl)c1. The maximum Gasteiger partial charge on any atom is 0.388 e. The second-order valence-electron chi connectivity index (χ2n) is 2.70. The van der Waals surface area contributed by atoms with E-state index in [1.807, 2.05) is 0 Å². The summed E-state index contributed by atoms with van der Waals surface area (Å²) in [6.07, 6.45) is 0. The second-order valence-corrected chi connectivity index (χ2v) is 3.17. The van der Waals surface area contributed by atoms with Crippen LogP contribution in [-0.4, -0.2) is 5.38 Å². The third kappa shape index (κ3) is 2.89. The molecule has 0 radical (unpaired) electrons. The number of nitrogens with two attached hydrogens (primary N) is 1. The predicted molar refractivity (Wildman–Crippen MR) is 52.8 cm³/mol. The highest BCUT2D eigenvalue weighted by molar-refractivity contribution is 6.22. The number of alkyl halides is 5. The Labute approximate surface area is 94.6 Å². The van der Waals surface area contributed by atoms with Gasteiger partial charge in [-0.1, -0.05) is 12.1 Å². The predicted octanol–water partition coefficient (Wildman–Crippen LogP) is 3.61. The van der Waals surface area contributed by atoms with E-state index in [0.29, 0.717) is 0 Å². The minimum Gasteiger partial charge on any atom is -0.399 e. The van der Waals surface area contributed by atoms with E-state index in [-0.39, 0.29) is 18.1 Å². The molecule has 0 aliphatic heterocycles. The average molecular weight is 264 g/mol. The molecule has 0 saturated carbocycles. The van der Waals surface area contributed by atoms with Gasteiger partial charge in [0.2, 0.25) is 0 Å². The minimum atomic E-state index is -4.62. The molecule has 0 aliphatic carbocycles. The van der Waals surface area contributed by atoms with Crippen LogP contribution in [0.3, 0.4) is 0 Å². The summed E-state index contributed by atoms with van der Waals surface area (Å²) in [5.74, 6) is -4.43. The first-order valence-corrected chi connectivity index (χ1v) is 3.93. The van der Waals surface area contributed by atoms with Crippen LogP contribution >= 0.6 is 24.0 Å². The molecule has 1 nitrogen and oxygen atoms in total. The highest BCUT2D eigenvalue weighted by atomic mass is 35.5. The number of benzene rings is 1. The van der Waals surface area contributed by atoms with E-state index < -0.39 is 16.9 Å². The summed E-state index contributed by atoms with van der Waals surface area (Å²) in [6.45, 7) is 0. The van der Waals surface area contributed by atoms with Gasteiger partial charge in [0.15, 0.2) is 0 Å². The Bertz CT molecular complexity index is 338. The third-order valence-electron chi connectivity index (χ3n) is 1.61. The van der Waals surface area contributed by atoms with Gasteiger partial charge in [0, 0.05) is 11.3 Å². The van der Waals surface area contributed by atoms with Gasteiger partial charge in [-0.25, -0.2) is 0 Å². The van der Waals surface area contributed by atoms with Crippen molar-refractivity contribution in [3.63, 3.8) is 0 Å². The van der Waals surface area contributed by atoms with Crippen molar-refractivity contribution in [2.75, 3.05) is 5.73 Å². The lowest BCUT2D eigenvalue weighted by Crippen LogP contribution is -2.32. The first-order valence-electron chi connectivity index (χ1n) is 3.55. The minimum absolute atomic E-state index is 0. The number of hydrogen-bond donors (Lipinski definition) is 1. The van der Waals surface area contributed by atoms with Gasteiger partial charge in [-0.3, -0.25) is 0 Å². The fourth-order valence-electron chi connectivity index (χ4n) is 0.898. The van der Waals surface area contributed by atoms with Crippen molar-refractivity contribution < 1.29 is 17.6 Å². The van der Waals surface area contributed by atoms with Crippen LogP contribution in [0.15, 0.2) is 24.3 Å². The summed E-state index contributed by atoms with van der Waals surface area (Å²) >= 11 is 4.29. The number of hydrogen-bond acceptors (Lipinski definition) is 1. The average Bonchev–Trinajstić information content (AvgIpc) is 2.02. The Morgan fingerprint density at radius 2 is 1.67 bits per heavy atom. The zero-order chi connectivity index (χ0) is 11.0. The van der Waals surface area contributed by atoms with Crippen LogP contribution in [0.2, 0.25) is 0 Å². The van der Waals surface area contributed by atoms with Crippen LogP contribution in [0.1, 0.15) is 5.56 Å². The Morgan fingerprint density at radius 1 is 1.13 bits per heavy atom. The molecule has 0 fully saturated rings. The van der Waals surface area contributed by atoms with Crippen LogP contribution in [0.5, 0.6) is 0 Å². The molecule has 7 heteroatoms. The van der Waals surface area contributed by atoms with Gasteiger partial charge in [-0.2, -0.15) is 17.6 Å². The Balaban J connectivity index is 0.00000196. The summed E-state index contributed by atoms with van der Waals surface area (Å²) in [6, 6.07) is 4.07. The Morgan fingerprint density at radius 3 is 2.07 bits per heavy atom. The zero-order valence-corrected chi connectivity index (χ0v) is 8.76. The van der Waals surface area contributed by atoms with Crippen molar-refractivity contribution in [2.45, 2.75) is 11.3 Å². The van der Waals surface area contributed by atoms with Crippen molar-refractivity contribution in [3.8, 4) is 0 Å². The molecule has 1 rings (SSSR count). The van der Waals surface area contributed by atoms with Crippen molar-refractivity contribution >= 4 is 29.7 Å². The molecule has 0 saturated heterocycles. The monoisotopic (exact) mass is 263 g/mol. The molecule has 15 heavy (non-hydrogen) atoms. The second kappa shape index (κ2) is 4.45. The normalized spacial score (nSPS) is 12.1. The molecular weight excluding hydrogens is 257 g/mol. The van der Waals surface area contributed by atoms with Crippen molar-refractivity contribution in [2.24, 2.45) is 0 Å². The summed E-state index contributed by atoms with van der Waals surface area (Å²) in [4.78, 5) is 0. The van der Waals surface area contributed by atoms with Crippen molar-refractivity contribution in [3.05, 3.63) is 29.8 Å². The lowest BCUT2D eigenvalue weighted by molar-refractivity contribution is -0.164. The van der Waals surface area contributed by atoms with Crippen LogP contribution in [0.4, 0.5) is 23.2 Å². The number of anilines is 1. The lowest BCUT2D eigenvalue weighted by atomic mass is 10.1. The van der Waals surface area contributed by atoms with Gasteiger partial charge in [-0.05, 0) is 23.7 Å². The molecule has 1 aromatic carbocycles. The summed E-state index contributed by atoms with van der Waals surface area (Å²) < 4.78 is 50.4. The molecule has 0 aliphatic rings. The maximum atomic E-state index is 12.9. The summed E-state index contributed by atoms with van der Waals surface area (Å²) in [5.41, 5.74) is 4.25. The number of halogens is 6. The molecule has 0 unspecified atom stereocenters. The van der Waals surface area contributed by atoms with Gasteiger partial charge in [0.05, 0.1) is 0 Å². The van der Waals surface area contributed by atoms with Gasteiger partial charge in [-0.15, -0.1) is 12.4 Å². The van der Waals surface area contributed by atoms with E-state index >= 15 is 0 Å². The first kappa shape index (κ1) is 14.3. The standard InChI is InChI=1S/C8H6ClF4N.ClH/c9-8(12,13)7(10,11)5-2-1-3-6(14)4-5;/h1-4H,14H2;1H. The highest BCUT2D eigenvalue weighted by Gasteiger charge is 2.56. The van der Waals surface area contributed by atoms with E-state index in [0.717, 1.165) is 18.2 Å². The molecular formula is C8H7Cl2F4N. The van der Waals surface area contributed by atoms with Gasteiger partial charge in [0.25, 0.3) is 0 Å². The summed E-state index contributed by atoms with van der Waals surface area (Å²) in [7, 11) is 0. The highest BCUT2D eigenvalue weighted by Crippen LogP contribution is 2.45. The Hall–Kier alpha value is -0.680. The van der Waals surface area contributed by atoms with Crippen LogP contribution in [0, 0.1) is 0 Å². The van der Waals surface area contributed by atoms with Crippen LogP contribution in [0.25, 0.3) is 0 Å². The smallest absolute Gasteiger partial charge is 0.388 e. The van der Waals surface area contributed by atoms with Crippen LogP contribution in [-0.2, 0) is 5.92 Å². The molecule has 0 aromatic heterocycles. The maximum absolute atomic E-state index is 12.9. The van der Waals surface area contributed by atoms with E-state index in [1.165, 1.54) is 6.07 Å². The van der Waals surface area contributed by atoms with E-state index in [2.05, 4.69) is 11.6 Å². The van der Waals surface area contributed by atoms with Crippen molar-refractivity contribution in [1.29, 1.82) is 0 Å². The van der Waals surface area contributed by atoms with Gasteiger partial charge >= 0.3 is 11.3 Å². The number of rotatable bonds is 2. The third-order valence-corrected chi connectivity index (χ3v) is 1.84. The van der Waals surface area contributed by atoms with E-state index in [9.17, 15) is 17.6 Å². The fraction of sp³-hybridized carbons (Fsp3) is 0.250. The molecule has 0 atom stereocenters. The lowest BCUT2D eigenvalue weighted by Gasteiger charge is -2.21. The summed E-state index contributed by atoms with van der Waals surface area (Å²) in [5, 5.41) is -4.62. The molecule has 0 amide bonds.